The van der Waals surface area contributed by atoms with Gasteiger partial charge >= 0.3 is 57.3 Å². The Morgan fingerprint density at radius 1 is 1.43 bits per heavy atom. The van der Waals surface area contributed by atoms with E-state index in [-0.39, 0.29) is 5.54 Å². The van der Waals surface area contributed by atoms with E-state index in [2.05, 4.69) is 24.1 Å². The second kappa shape index (κ2) is 2.98. The Kier molecular flexibility index (Phi) is 3.33. The molecule has 0 heterocycles. The van der Waals surface area contributed by atoms with E-state index in [1.807, 2.05) is 0 Å². The molecule has 42 valence electrons. The molecule has 0 aromatic heterocycles. The van der Waals surface area contributed by atoms with Crippen molar-refractivity contribution in [2.24, 2.45) is 3.34 Å². The molecule has 0 radical (unpaired) electrons. The Morgan fingerprint density at radius 3 is 1.86 bits per heavy atom. The van der Waals surface area contributed by atoms with Crippen LogP contribution < -0.4 is 0 Å². The van der Waals surface area contributed by atoms with Crippen LogP contribution in [0.5, 0.6) is 0 Å². The molecule has 0 atom stereocenters. The van der Waals surface area contributed by atoms with Gasteiger partial charge in [0.1, 0.15) is 0 Å². The van der Waals surface area contributed by atoms with Crippen LogP contribution >= 0.6 is 9.19 Å². The quantitative estimate of drug-likeness (QED) is 0.531. The summed E-state index contributed by atoms with van der Waals surface area (Å²) in [6.45, 7) is 6.18. The van der Waals surface area contributed by atoms with Gasteiger partial charge in [-0.3, -0.25) is 0 Å². The van der Waals surface area contributed by atoms with Crippen molar-refractivity contribution >= 4 is 9.19 Å². The maximum absolute atomic E-state index is 5.47. The molecule has 0 aromatic carbocycles. The van der Waals surface area contributed by atoms with Crippen LogP contribution in [0.1, 0.15) is 20.8 Å². The first-order chi connectivity index (χ1) is 3.06. The van der Waals surface area contributed by atoms with Crippen LogP contribution in [0.4, 0.5) is 0 Å². The van der Waals surface area contributed by atoms with Crippen molar-refractivity contribution in [2.45, 2.75) is 26.3 Å². The fourth-order valence-corrected chi connectivity index (χ4v) is 2.01. The summed E-state index contributed by atoms with van der Waals surface area (Å²) < 4.78 is 4.17. The summed E-state index contributed by atoms with van der Waals surface area (Å²) in [5.74, 6) is 0. The van der Waals surface area contributed by atoms with E-state index in [0.29, 0.717) is 0 Å². The van der Waals surface area contributed by atoms with Gasteiger partial charge in [0.15, 0.2) is 0 Å². The predicted molar refractivity (Wildman–Crippen MR) is 28.0 cm³/mol. The topological polar surface area (TPSA) is 12.4 Å². The molecule has 0 N–H and O–H groups in total. The monoisotopic (exact) mass is 199 g/mol. The molecule has 0 aromatic rings. The summed E-state index contributed by atoms with van der Waals surface area (Å²) in [7, 11) is 5.47. The fraction of sp³-hybridized carbons (Fsp3) is 1.00. The molecule has 0 aliphatic rings. The summed E-state index contributed by atoms with van der Waals surface area (Å²) in [4.78, 5) is 0. The molecule has 3 heteroatoms. The van der Waals surface area contributed by atoms with Gasteiger partial charge in [0.05, 0.1) is 0 Å². The van der Waals surface area contributed by atoms with Crippen LogP contribution in [0.2, 0.25) is 0 Å². The number of hydrogen-bond acceptors (Lipinski definition) is 1. The summed E-state index contributed by atoms with van der Waals surface area (Å²) in [5.41, 5.74) is 0.110. The minimum atomic E-state index is -0.673. The van der Waals surface area contributed by atoms with Gasteiger partial charge < -0.3 is 0 Å². The van der Waals surface area contributed by atoms with Crippen LogP contribution in [-0.4, -0.2) is 5.54 Å². The van der Waals surface area contributed by atoms with E-state index in [1.54, 1.807) is 0 Å². The zero-order valence-electron chi connectivity index (χ0n) is 4.77. The normalized spacial score (nSPS) is 13.1. The predicted octanol–water partition coefficient (Wildman–Crippen LogP) is 2.20. The fourth-order valence-electron chi connectivity index (χ4n) is 0.113. The van der Waals surface area contributed by atoms with Gasteiger partial charge in [-0.15, -0.1) is 0 Å². The molecule has 0 aliphatic heterocycles. The van der Waals surface area contributed by atoms with Gasteiger partial charge in [0, 0.05) is 0 Å². The molecular formula is C4H9ClNNb. The SMILES string of the molecule is CC(C)(C)[N]=[Nb][Cl]. The first-order valence-corrected chi connectivity index (χ1v) is 5.91. The summed E-state index contributed by atoms with van der Waals surface area (Å²) in [6.07, 6.45) is 0. The van der Waals surface area contributed by atoms with E-state index < -0.39 is 18.5 Å². The first-order valence-electron chi connectivity index (χ1n) is 2.09. The van der Waals surface area contributed by atoms with Crippen LogP contribution in [0.25, 0.3) is 0 Å². The number of halogens is 1. The van der Waals surface area contributed by atoms with Crippen molar-refractivity contribution in [3.63, 3.8) is 0 Å². The molecule has 0 bridgehead atoms. The second-order valence-corrected chi connectivity index (χ2v) is 4.10. The second-order valence-electron chi connectivity index (χ2n) is 2.35. The molecule has 0 fully saturated rings. The molecule has 0 saturated heterocycles. The Bertz CT molecular complexity index is 74.2. The Balaban J connectivity index is 3.56. The molecule has 0 saturated carbocycles. The van der Waals surface area contributed by atoms with Crippen LogP contribution in [0, 0.1) is 0 Å². The third kappa shape index (κ3) is 6.83. The molecule has 0 aliphatic carbocycles. The zero-order chi connectivity index (χ0) is 5.91. The van der Waals surface area contributed by atoms with Gasteiger partial charge in [-0.1, -0.05) is 0 Å². The first kappa shape index (κ1) is 7.83. The summed E-state index contributed by atoms with van der Waals surface area (Å²) in [5, 5.41) is 0. The number of hydrogen-bond donors (Lipinski definition) is 0. The van der Waals surface area contributed by atoms with Crippen LogP contribution in [0.15, 0.2) is 3.34 Å². The Hall–Kier alpha value is 0.830. The van der Waals surface area contributed by atoms with Crippen molar-refractivity contribution in [1.82, 2.24) is 0 Å². The molecular weight excluding hydrogens is 190 g/mol. The van der Waals surface area contributed by atoms with E-state index >= 15 is 0 Å². The summed E-state index contributed by atoms with van der Waals surface area (Å²) >= 11 is -0.673. The van der Waals surface area contributed by atoms with Crippen molar-refractivity contribution in [3.8, 4) is 0 Å². The van der Waals surface area contributed by atoms with Gasteiger partial charge in [0.25, 0.3) is 0 Å². The average molecular weight is 199 g/mol. The van der Waals surface area contributed by atoms with E-state index in [4.69, 9.17) is 9.19 Å². The molecule has 1 nitrogen and oxygen atoms in total. The van der Waals surface area contributed by atoms with Crippen molar-refractivity contribution in [3.05, 3.63) is 0 Å². The van der Waals surface area contributed by atoms with Gasteiger partial charge in [-0.2, -0.15) is 0 Å². The third-order valence-electron chi connectivity index (χ3n) is 0.338. The van der Waals surface area contributed by atoms with Crippen LogP contribution in [-0.2, 0) is 18.5 Å². The standard InChI is InChI=1S/C4H9N.ClH.Nb/c1-4(2,3)5;;/h1-3H3;1H;/q;;+1/p-1. The van der Waals surface area contributed by atoms with Gasteiger partial charge in [-0.25, -0.2) is 0 Å². The summed E-state index contributed by atoms with van der Waals surface area (Å²) in [6, 6.07) is 0. The van der Waals surface area contributed by atoms with Crippen molar-refractivity contribution in [1.29, 1.82) is 0 Å². The van der Waals surface area contributed by atoms with E-state index in [0.717, 1.165) is 0 Å². The van der Waals surface area contributed by atoms with E-state index in [9.17, 15) is 0 Å². The molecule has 7 heavy (non-hydrogen) atoms. The number of rotatable bonds is 0. The van der Waals surface area contributed by atoms with E-state index in [1.165, 1.54) is 0 Å². The van der Waals surface area contributed by atoms with Crippen molar-refractivity contribution in [2.75, 3.05) is 0 Å². The molecule has 0 amide bonds. The molecule has 0 rings (SSSR count). The Morgan fingerprint density at radius 2 is 1.86 bits per heavy atom. The molecule has 0 spiro atoms. The van der Waals surface area contributed by atoms with Gasteiger partial charge in [-0.05, 0) is 0 Å². The van der Waals surface area contributed by atoms with Gasteiger partial charge in [0.2, 0.25) is 0 Å². The Labute approximate surface area is 57.5 Å². The van der Waals surface area contributed by atoms with Crippen molar-refractivity contribution < 1.29 is 18.5 Å². The third-order valence-corrected chi connectivity index (χ3v) is 2.45. The number of nitrogens with zero attached hydrogens (tertiary/aromatic N) is 1. The minimum absolute atomic E-state index is 0.110. The molecule has 0 unspecified atom stereocenters. The van der Waals surface area contributed by atoms with Crippen LogP contribution in [0.3, 0.4) is 0 Å². The average Bonchev–Trinajstić information content (AvgIpc) is 1.30. The zero-order valence-corrected chi connectivity index (χ0v) is 7.73. The maximum atomic E-state index is 5.47.